The zero-order valence-electron chi connectivity index (χ0n) is 14.3. The third kappa shape index (κ3) is 3.94. The van der Waals surface area contributed by atoms with Crippen molar-refractivity contribution in [2.45, 2.75) is 18.2 Å². The number of ketones is 1. The highest BCUT2D eigenvalue weighted by Crippen LogP contribution is 2.25. The van der Waals surface area contributed by atoms with Crippen molar-refractivity contribution in [3.8, 4) is 0 Å². The van der Waals surface area contributed by atoms with Gasteiger partial charge in [-0.05, 0) is 45.6 Å². The highest BCUT2D eigenvalue weighted by Gasteiger charge is 2.23. The fraction of sp³-hybridized carbons (Fsp3) is 0.250. The quantitative estimate of drug-likeness (QED) is 0.723. The Morgan fingerprint density at radius 1 is 1.33 bits per heavy atom. The van der Waals surface area contributed by atoms with Crippen molar-refractivity contribution >= 4 is 59.7 Å². The molecule has 0 aromatic carbocycles. The molecule has 2 heterocycles. The third-order valence-corrected chi connectivity index (χ3v) is 7.61. The van der Waals surface area contributed by atoms with Crippen LogP contribution in [0.2, 0.25) is 0 Å². The molecule has 2 aromatic rings. The van der Waals surface area contributed by atoms with E-state index < -0.39 is 15.4 Å². The number of anilines is 1. The Hall–Kier alpha value is -2.11. The lowest BCUT2D eigenvalue weighted by atomic mass is 10.1. The highest BCUT2D eigenvalue weighted by molar-refractivity contribution is 9.12. The van der Waals surface area contributed by atoms with E-state index in [0.29, 0.717) is 10.1 Å². The van der Waals surface area contributed by atoms with Gasteiger partial charge in [0.05, 0.1) is 15.8 Å². The lowest BCUT2D eigenvalue weighted by Gasteiger charge is -2.05. The number of nitrogen functional groups attached to an aromatic ring is 1. The number of nitrogens with two attached hydrogens (primary N) is 1. The number of hydrogen-bond acceptors (Lipinski definition) is 8. The van der Waals surface area contributed by atoms with Crippen molar-refractivity contribution in [2.75, 3.05) is 11.5 Å². The van der Waals surface area contributed by atoms with Crippen LogP contribution in [-0.4, -0.2) is 34.6 Å². The van der Waals surface area contributed by atoms with Gasteiger partial charge in [-0.3, -0.25) is 9.59 Å². The molecule has 3 rings (SSSR count). The molecular formula is C16H15BrN4O4S2. The first-order valence-corrected chi connectivity index (χ1v) is 11.1. The molecule has 0 bridgehead atoms. The number of nitrogens with zero attached hydrogens (tertiary/aromatic N) is 3. The van der Waals surface area contributed by atoms with Gasteiger partial charge in [-0.1, -0.05) is 31.3 Å². The van der Waals surface area contributed by atoms with E-state index in [0.717, 1.165) is 15.9 Å². The minimum absolute atomic E-state index is 0.0189. The van der Waals surface area contributed by atoms with Crippen molar-refractivity contribution in [2.24, 2.45) is 5.92 Å². The lowest BCUT2D eigenvalue weighted by molar-refractivity contribution is -0.110. The summed E-state index contributed by atoms with van der Waals surface area (Å²) in [5.41, 5.74) is 6.09. The second kappa shape index (κ2) is 7.13. The second-order valence-electron chi connectivity index (χ2n) is 6.29. The smallest absolute Gasteiger partial charge is 0.283 e. The Morgan fingerprint density at radius 3 is 2.67 bits per heavy atom. The van der Waals surface area contributed by atoms with Crippen LogP contribution in [-0.2, 0) is 14.6 Å². The fourth-order valence-electron chi connectivity index (χ4n) is 2.41. The summed E-state index contributed by atoms with van der Waals surface area (Å²) >= 11 is 3.94. The number of carbonyl (C=O) groups is 1. The molecule has 1 aliphatic carbocycles. The Kier molecular flexibility index (Phi) is 5.19. The number of sulfone groups is 1. The van der Waals surface area contributed by atoms with Crippen LogP contribution >= 0.6 is 27.3 Å². The van der Waals surface area contributed by atoms with Crippen LogP contribution < -0.4 is 11.3 Å². The summed E-state index contributed by atoms with van der Waals surface area (Å²) in [7, 11) is -3.60. The van der Waals surface area contributed by atoms with Gasteiger partial charge < -0.3 is 5.73 Å². The first-order valence-electron chi connectivity index (χ1n) is 7.82. The zero-order chi connectivity index (χ0) is 19.9. The Balaban J connectivity index is 2.14. The van der Waals surface area contributed by atoms with E-state index in [1.54, 1.807) is 26.0 Å². The molecule has 0 saturated carbocycles. The Labute approximate surface area is 167 Å². The highest BCUT2D eigenvalue weighted by atomic mass is 79.9. The monoisotopic (exact) mass is 470 g/mol. The molecule has 0 unspecified atom stereocenters. The first kappa shape index (κ1) is 19.6. The molecule has 0 radical (unpaired) electrons. The van der Waals surface area contributed by atoms with E-state index in [4.69, 9.17) is 5.73 Å². The number of rotatable bonds is 4. The van der Waals surface area contributed by atoms with Crippen molar-refractivity contribution in [3.05, 3.63) is 44.2 Å². The van der Waals surface area contributed by atoms with Gasteiger partial charge in [0.15, 0.2) is 5.78 Å². The number of aromatic nitrogens is 3. The van der Waals surface area contributed by atoms with E-state index in [2.05, 4.69) is 26.0 Å². The molecule has 0 fully saturated rings. The van der Waals surface area contributed by atoms with Gasteiger partial charge in [-0.25, -0.2) is 8.42 Å². The van der Waals surface area contributed by atoms with Gasteiger partial charge in [-0.15, -0.1) is 5.10 Å². The molecule has 2 aromatic heterocycles. The average molecular weight is 471 g/mol. The fourth-order valence-corrected chi connectivity index (χ4v) is 5.60. The summed E-state index contributed by atoms with van der Waals surface area (Å²) in [6.07, 6.45) is 5.92. The van der Waals surface area contributed by atoms with Crippen molar-refractivity contribution in [3.63, 3.8) is 0 Å². The molecule has 0 spiro atoms. The Morgan fingerprint density at radius 2 is 2.04 bits per heavy atom. The van der Waals surface area contributed by atoms with Crippen LogP contribution in [0, 0.1) is 5.92 Å². The third-order valence-electron chi connectivity index (χ3n) is 3.56. The predicted molar refractivity (Wildman–Crippen MR) is 108 cm³/mol. The predicted octanol–water partition coefficient (Wildman–Crippen LogP) is 1.96. The normalized spacial score (nSPS) is 16.5. The molecule has 0 saturated heterocycles. The molecule has 27 heavy (non-hydrogen) atoms. The summed E-state index contributed by atoms with van der Waals surface area (Å²) in [6.45, 7) is 3.58. The van der Waals surface area contributed by atoms with Gasteiger partial charge in [0.2, 0.25) is 19.1 Å². The maximum atomic E-state index is 12.4. The van der Waals surface area contributed by atoms with Gasteiger partial charge in [0.25, 0.3) is 5.56 Å². The Bertz CT molecular complexity index is 1200. The number of carbonyl (C=O) groups excluding carboxylic acids is 1. The molecule has 8 nitrogen and oxygen atoms in total. The van der Waals surface area contributed by atoms with E-state index in [9.17, 15) is 18.0 Å². The van der Waals surface area contributed by atoms with E-state index >= 15 is 0 Å². The van der Waals surface area contributed by atoms with Crippen LogP contribution in [0.5, 0.6) is 0 Å². The number of fused-ring (bicyclic) bond motifs is 1. The zero-order valence-corrected chi connectivity index (χ0v) is 17.6. The van der Waals surface area contributed by atoms with Gasteiger partial charge in [0.1, 0.15) is 5.82 Å². The molecule has 0 aliphatic heterocycles. The maximum Gasteiger partial charge on any atom is 0.283 e. The van der Waals surface area contributed by atoms with Crippen molar-refractivity contribution in [1.29, 1.82) is 0 Å². The van der Waals surface area contributed by atoms with Crippen molar-refractivity contribution in [1.82, 2.24) is 14.6 Å². The number of allylic oxidation sites excluding steroid dienone is 5. The van der Waals surface area contributed by atoms with Crippen LogP contribution in [0.25, 0.3) is 11.0 Å². The van der Waals surface area contributed by atoms with Crippen LogP contribution in [0.1, 0.15) is 19.4 Å². The van der Waals surface area contributed by atoms with E-state index in [1.165, 1.54) is 12.2 Å². The number of halogens is 1. The molecular weight excluding hydrogens is 456 g/mol. The number of hydrogen-bond donors (Lipinski definition) is 1. The topological polar surface area (TPSA) is 124 Å². The SMILES string of the molecule is CC(C)CS(=O)(=O)c1nn2c(N)c(C=C3C=CC(=O)C(Br)=C3)c(=O)nc2s1. The average Bonchev–Trinajstić information content (AvgIpc) is 2.98. The second-order valence-corrected chi connectivity index (χ2v) is 10.3. The van der Waals surface area contributed by atoms with Crippen LogP contribution in [0.15, 0.2) is 37.4 Å². The molecule has 0 atom stereocenters. The molecule has 11 heteroatoms. The summed E-state index contributed by atoms with van der Waals surface area (Å²) in [5, 5.41) is 4.05. The molecule has 0 amide bonds. The lowest BCUT2D eigenvalue weighted by Crippen LogP contribution is -2.17. The van der Waals surface area contributed by atoms with Gasteiger partial charge in [-0.2, -0.15) is 9.50 Å². The summed E-state index contributed by atoms with van der Waals surface area (Å²) < 4.78 is 26.2. The summed E-state index contributed by atoms with van der Waals surface area (Å²) in [6, 6.07) is 0. The van der Waals surface area contributed by atoms with Crippen molar-refractivity contribution < 1.29 is 13.2 Å². The molecule has 2 N–H and O–H groups in total. The van der Waals surface area contributed by atoms with E-state index in [-0.39, 0.29) is 38.1 Å². The standard InChI is InChI=1S/C16H15BrN4O4S2/c1-8(2)7-27(24,25)16-20-21-13(18)10(14(23)19-15(21)26-16)5-9-3-4-12(22)11(17)6-9/h3-6,8H,7,18H2,1-2H3. The van der Waals surface area contributed by atoms with Gasteiger partial charge >= 0.3 is 0 Å². The summed E-state index contributed by atoms with van der Waals surface area (Å²) in [5.74, 6) is -0.343. The minimum atomic E-state index is -3.60. The van der Waals surface area contributed by atoms with Crippen LogP contribution in [0.3, 0.4) is 0 Å². The minimum Gasteiger partial charge on any atom is -0.383 e. The molecule has 142 valence electrons. The van der Waals surface area contributed by atoms with Crippen LogP contribution in [0.4, 0.5) is 5.82 Å². The summed E-state index contributed by atoms with van der Waals surface area (Å²) in [4.78, 5) is 27.8. The van der Waals surface area contributed by atoms with E-state index in [1.807, 2.05) is 0 Å². The molecule has 1 aliphatic rings. The van der Waals surface area contributed by atoms with Gasteiger partial charge in [0, 0.05) is 0 Å². The largest absolute Gasteiger partial charge is 0.383 e. The first-order chi connectivity index (χ1) is 12.6. The maximum absolute atomic E-state index is 12.4.